The maximum atomic E-state index is 4.51. The van der Waals surface area contributed by atoms with Crippen molar-refractivity contribution in [3.8, 4) is 5.82 Å². The first-order chi connectivity index (χ1) is 7.50. The van der Waals surface area contributed by atoms with E-state index in [0.717, 1.165) is 27.2 Å². The molecule has 0 saturated heterocycles. The van der Waals surface area contributed by atoms with Crippen LogP contribution in [-0.2, 0) is 0 Å². The van der Waals surface area contributed by atoms with Crippen molar-refractivity contribution in [3.05, 3.63) is 39.3 Å². The van der Waals surface area contributed by atoms with E-state index in [-0.39, 0.29) is 0 Å². The number of aromatic nitrogens is 3. The van der Waals surface area contributed by atoms with Gasteiger partial charge in [-0.15, -0.1) is 0 Å². The molecule has 2 heterocycles. The van der Waals surface area contributed by atoms with Crippen LogP contribution < -0.4 is 0 Å². The molecule has 2 aromatic heterocycles. The molecular formula is C12H14BrN3. The van der Waals surface area contributed by atoms with Crippen molar-refractivity contribution >= 4 is 15.9 Å². The third-order valence-corrected chi connectivity index (χ3v) is 3.30. The Morgan fingerprint density at radius 3 is 2.38 bits per heavy atom. The van der Waals surface area contributed by atoms with Crippen molar-refractivity contribution in [2.45, 2.75) is 27.7 Å². The average molecular weight is 280 g/mol. The fourth-order valence-corrected chi connectivity index (χ4v) is 2.13. The minimum Gasteiger partial charge on any atom is -0.236 e. The summed E-state index contributed by atoms with van der Waals surface area (Å²) < 4.78 is 2.90. The molecule has 0 spiro atoms. The molecule has 0 bridgehead atoms. The van der Waals surface area contributed by atoms with E-state index in [0.29, 0.717) is 0 Å². The topological polar surface area (TPSA) is 30.7 Å². The molecule has 0 unspecified atom stereocenters. The summed E-state index contributed by atoms with van der Waals surface area (Å²) in [6.45, 7) is 8.22. The first-order valence-corrected chi connectivity index (χ1v) is 5.95. The summed E-state index contributed by atoms with van der Waals surface area (Å²) >= 11 is 3.41. The standard InChI is InChI=1S/C12H14BrN3/c1-7-5-11(13)6-14-12(7)16-10(4)8(2)9(3)15-16/h5-6H,1-4H3. The van der Waals surface area contributed by atoms with Gasteiger partial charge in [0.2, 0.25) is 0 Å². The molecule has 16 heavy (non-hydrogen) atoms. The van der Waals surface area contributed by atoms with Crippen molar-refractivity contribution in [2.75, 3.05) is 0 Å². The number of pyridine rings is 1. The molecule has 0 radical (unpaired) electrons. The lowest BCUT2D eigenvalue weighted by Crippen LogP contribution is -2.04. The van der Waals surface area contributed by atoms with Gasteiger partial charge in [0.25, 0.3) is 0 Å². The van der Waals surface area contributed by atoms with Crippen LogP contribution in [-0.4, -0.2) is 14.8 Å². The molecule has 0 aliphatic rings. The van der Waals surface area contributed by atoms with Crippen LogP contribution in [0.4, 0.5) is 0 Å². The van der Waals surface area contributed by atoms with Gasteiger partial charge in [-0.1, -0.05) is 0 Å². The molecule has 0 aromatic carbocycles. The second kappa shape index (κ2) is 4.01. The summed E-state index contributed by atoms with van der Waals surface area (Å²) in [6, 6.07) is 2.05. The zero-order chi connectivity index (χ0) is 11.9. The van der Waals surface area contributed by atoms with Gasteiger partial charge in [-0.05, 0) is 60.8 Å². The van der Waals surface area contributed by atoms with E-state index in [9.17, 15) is 0 Å². The molecule has 84 valence electrons. The third kappa shape index (κ3) is 1.78. The van der Waals surface area contributed by atoms with Gasteiger partial charge >= 0.3 is 0 Å². The molecule has 0 fully saturated rings. The highest BCUT2D eigenvalue weighted by atomic mass is 79.9. The Morgan fingerprint density at radius 1 is 1.19 bits per heavy atom. The summed E-state index contributed by atoms with van der Waals surface area (Å²) in [5.41, 5.74) is 4.54. The predicted molar refractivity (Wildman–Crippen MR) is 68.0 cm³/mol. The van der Waals surface area contributed by atoms with Gasteiger partial charge in [0.05, 0.1) is 5.69 Å². The van der Waals surface area contributed by atoms with Crippen molar-refractivity contribution in [1.82, 2.24) is 14.8 Å². The highest BCUT2D eigenvalue weighted by Gasteiger charge is 2.11. The summed E-state index contributed by atoms with van der Waals surface area (Å²) in [7, 11) is 0. The minimum absolute atomic E-state index is 0.900. The summed E-state index contributed by atoms with van der Waals surface area (Å²) in [6.07, 6.45) is 1.80. The molecule has 2 aromatic rings. The van der Waals surface area contributed by atoms with Crippen LogP contribution in [0.15, 0.2) is 16.7 Å². The number of nitrogens with zero attached hydrogens (tertiary/aromatic N) is 3. The van der Waals surface area contributed by atoms with E-state index in [2.05, 4.69) is 39.9 Å². The Hall–Kier alpha value is -1.16. The minimum atomic E-state index is 0.900. The maximum Gasteiger partial charge on any atom is 0.156 e. The molecule has 0 aliphatic carbocycles. The number of halogens is 1. The molecule has 0 N–H and O–H groups in total. The SMILES string of the molecule is Cc1cc(Br)cnc1-n1nc(C)c(C)c1C. The van der Waals surface area contributed by atoms with Crippen LogP contribution in [0, 0.1) is 27.7 Å². The normalized spacial score (nSPS) is 10.8. The summed E-state index contributed by atoms with van der Waals surface area (Å²) in [5.74, 6) is 0.900. The highest BCUT2D eigenvalue weighted by Crippen LogP contribution is 2.20. The van der Waals surface area contributed by atoms with Gasteiger partial charge < -0.3 is 0 Å². The maximum absolute atomic E-state index is 4.51. The largest absolute Gasteiger partial charge is 0.236 e. The van der Waals surface area contributed by atoms with Crippen molar-refractivity contribution in [3.63, 3.8) is 0 Å². The predicted octanol–water partition coefficient (Wildman–Crippen LogP) is 3.26. The van der Waals surface area contributed by atoms with Gasteiger partial charge in [-0.3, -0.25) is 0 Å². The van der Waals surface area contributed by atoms with Crippen molar-refractivity contribution in [2.24, 2.45) is 0 Å². The number of hydrogen-bond donors (Lipinski definition) is 0. The smallest absolute Gasteiger partial charge is 0.156 e. The van der Waals surface area contributed by atoms with E-state index in [4.69, 9.17) is 0 Å². The molecule has 0 atom stereocenters. The zero-order valence-corrected chi connectivity index (χ0v) is 11.5. The van der Waals surface area contributed by atoms with E-state index in [1.54, 1.807) is 6.20 Å². The zero-order valence-electron chi connectivity index (χ0n) is 9.87. The Bertz CT molecular complexity index is 543. The number of rotatable bonds is 1. The van der Waals surface area contributed by atoms with Crippen molar-refractivity contribution in [1.29, 1.82) is 0 Å². The molecule has 4 heteroatoms. The first-order valence-electron chi connectivity index (χ1n) is 5.16. The van der Waals surface area contributed by atoms with Crippen LogP contribution in [0.3, 0.4) is 0 Å². The monoisotopic (exact) mass is 279 g/mol. The lowest BCUT2D eigenvalue weighted by Gasteiger charge is -2.07. The Morgan fingerprint density at radius 2 is 1.88 bits per heavy atom. The van der Waals surface area contributed by atoms with Crippen LogP contribution in [0.1, 0.15) is 22.5 Å². The quantitative estimate of drug-likeness (QED) is 0.802. The molecule has 0 saturated carbocycles. The summed E-state index contributed by atoms with van der Waals surface area (Å²) in [4.78, 5) is 4.42. The molecule has 3 nitrogen and oxygen atoms in total. The van der Waals surface area contributed by atoms with E-state index in [1.165, 1.54) is 5.56 Å². The molecule has 0 amide bonds. The van der Waals surface area contributed by atoms with Gasteiger partial charge in [0.1, 0.15) is 0 Å². The van der Waals surface area contributed by atoms with Gasteiger partial charge in [0.15, 0.2) is 5.82 Å². The van der Waals surface area contributed by atoms with Crippen LogP contribution >= 0.6 is 15.9 Å². The van der Waals surface area contributed by atoms with Gasteiger partial charge in [0, 0.05) is 16.4 Å². The van der Waals surface area contributed by atoms with E-state index in [1.807, 2.05) is 24.6 Å². The van der Waals surface area contributed by atoms with Crippen LogP contribution in [0.2, 0.25) is 0 Å². The molecular weight excluding hydrogens is 266 g/mol. The fraction of sp³-hybridized carbons (Fsp3) is 0.333. The fourth-order valence-electron chi connectivity index (χ4n) is 1.68. The van der Waals surface area contributed by atoms with E-state index >= 15 is 0 Å². The summed E-state index contributed by atoms with van der Waals surface area (Å²) in [5, 5.41) is 4.51. The number of aryl methyl sites for hydroxylation is 2. The lowest BCUT2D eigenvalue weighted by atomic mass is 10.2. The van der Waals surface area contributed by atoms with E-state index < -0.39 is 0 Å². The van der Waals surface area contributed by atoms with Gasteiger partial charge in [-0.25, -0.2) is 9.67 Å². The average Bonchev–Trinajstić information content (AvgIpc) is 2.46. The second-order valence-corrected chi connectivity index (χ2v) is 4.92. The first kappa shape index (κ1) is 11.3. The van der Waals surface area contributed by atoms with Crippen LogP contribution in [0.25, 0.3) is 5.82 Å². The van der Waals surface area contributed by atoms with Gasteiger partial charge in [-0.2, -0.15) is 5.10 Å². The van der Waals surface area contributed by atoms with Crippen molar-refractivity contribution < 1.29 is 0 Å². The second-order valence-electron chi connectivity index (χ2n) is 4.00. The molecule has 2 rings (SSSR count). The molecule has 0 aliphatic heterocycles. The van der Waals surface area contributed by atoms with Crippen LogP contribution in [0.5, 0.6) is 0 Å². The Labute approximate surface area is 104 Å². The number of hydrogen-bond acceptors (Lipinski definition) is 2. The lowest BCUT2D eigenvalue weighted by molar-refractivity contribution is 0.797. The highest BCUT2D eigenvalue weighted by molar-refractivity contribution is 9.10. The Kier molecular flexibility index (Phi) is 2.84. The Balaban J connectivity index is 2.63. The third-order valence-electron chi connectivity index (χ3n) is 2.87.